The van der Waals surface area contributed by atoms with Crippen LogP contribution in [-0.4, -0.2) is 66.3 Å². The minimum Gasteiger partial charge on any atom is -0.371 e. The van der Waals surface area contributed by atoms with Gasteiger partial charge in [-0.3, -0.25) is 0 Å². The number of hydrogen-bond donors (Lipinski definition) is 1. The smallest absolute Gasteiger partial charge is 0.320 e. The number of piperidine rings is 1. The molecule has 0 spiro atoms. The Kier molecular flexibility index (Phi) is 3.91. The fourth-order valence-corrected chi connectivity index (χ4v) is 3.68. The van der Waals surface area contributed by atoms with Gasteiger partial charge in [-0.2, -0.15) is 0 Å². The molecule has 3 fully saturated rings. The van der Waals surface area contributed by atoms with E-state index in [1.807, 2.05) is 4.90 Å². The molecule has 3 heterocycles. The summed E-state index contributed by atoms with van der Waals surface area (Å²) in [5.74, 6) is 0. The number of carbonyl (C=O) groups is 1. The normalized spacial score (nSPS) is 31.3. The molecule has 3 rings (SSSR count). The second-order valence-electron chi connectivity index (χ2n) is 6.94. The third-order valence-electron chi connectivity index (χ3n) is 4.85. The number of rotatable bonds is 3. The Balaban J connectivity index is 1.53. The number of amides is 2. The van der Waals surface area contributed by atoms with E-state index in [0.717, 1.165) is 58.4 Å². The van der Waals surface area contributed by atoms with E-state index in [9.17, 15) is 4.79 Å². The van der Waals surface area contributed by atoms with Crippen LogP contribution in [0.4, 0.5) is 4.79 Å². The molecule has 5 nitrogen and oxygen atoms in total. The number of nitrogens with zero attached hydrogens (tertiary/aromatic N) is 2. The van der Waals surface area contributed by atoms with Gasteiger partial charge in [0.2, 0.25) is 0 Å². The van der Waals surface area contributed by atoms with Crippen molar-refractivity contribution in [3.05, 3.63) is 0 Å². The summed E-state index contributed by atoms with van der Waals surface area (Å²) in [5, 5.41) is 3.36. The standard InChI is InChI=1S/C15H27N3O2/c1-15(2)6-3-13(20-15)11-17-9-10-18(14(17)19)12-4-7-16-8-5-12/h12-13,16H,3-11H2,1-2H3. The first-order valence-electron chi connectivity index (χ1n) is 7.99. The van der Waals surface area contributed by atoms with Crippen LogP contribution in [0, 0.1) is 0 Å². The van der Waals surface area contributed by atoms with E-state index in [0.29, 0.717) is 6.04 Å². The van der Waals surface area contributed by atoms with Crippen molar-refractivity contribution < 1.29 is 9.53 Å². The summed E-state index contributed by atoms with van der Waals surface area (Å²) in [6.45, 7) is 8.87. The predicted octanol–water partition coefficient (Wildman–Crippen LogP) is 1.43. The van der Waals surface area contributed by atoms with Crippen LogP contribution in [0.2, 0.25) is 0 Å². The second-order valence-corrected chi connectivity index (χ2v) is 6.94. The van der Waals surface area contributed by atoms with Crippen molar-refractivity contribution >= 4 is 6.03 Å². The molecule has 0 aromatic rings. The fourth-order valence-electron chi connectivity index (χ4n) is 3.68. The SMILES string of the molecule is CC1(C)CCC(CN2CCN(C3CCNCC3)C2=O)O1. The predicted molar refractivity (Wildman–Crippen MR) is 77.8 cm³/mol. The first-order chi connectivity index (χ1) is 9.55. The Morgan fingerprint density at radius 3 is 2.65 bits per heavy atom. The molecule has 3 aliphatic heterocycles. The van der Waals surface area contributed by atoms with E-state index in [2.05, 4.69) is 24.1 Å². The lowest BCUT2D eigenvalue weighted by molar-refractivity contribution is -0.0231. The van der Waals surface area contributed by atoms with Gasteiger partial charge in [0.1, 0.15) is 0 Å². The van der Waals surface area contributed by atoms with Crippen LogP contribution in [0.15, 0.2) is 0 Å². The zero-order valence-corrected chi connectivity index (χ0v) is 12.7. The summed E-state index contributed by atoms with van der Waals surface area (Å²) in [6.07, 6.45) is 4.57. The Morgan fingerprint density at radius 1 is 1.25 bits per heavy atom. The van der Waals surface area contributed by atoms with E-state index >= 15 is 0 Å². The molecule has 0 bridgehead atoms. The lowest BCUT2D eigenvalue weighted by Crippen LogP contribution is -2.46. The molecule has 0 aliphatic carbocycles. The van der Waals surface area contributed by atoms with Gasteiger partial charge >= 0.3 is 6.03 Å². The average molecular weight is 281 g/mol. The molecule has 20 heavy (non-hydrogen) atoms. The highest BCUT2D eigenvalue weighted by Gasteiger charge is 2.38. The molecular formula is C15H27N3O2. The maximum absolute atomic E-state index is 12.5. The van der Waals surface area contributed by atoms with Crippen LogP contribution < -0.4 is 5.32 Å². The Bertz CT molecular complexity index is 366. The summed E-state index contributed by atoms with van der Waals surface area (Å²) >= 11 is 0. The maximum Gasteiger partial charge on any atom is 0.320 e. The van der Waals surface area contributed by atoms with Gasteiger partial charge in [-0.15, -0.1) is 0 Å². The highest BCUT2D eigenvalue weighted by atomic mass is 16.5. The van der Waals surface area contributed by atoms with Crippen LogP contribution in [0.1, 0.15) is 39.5 Å². The molecule has 3 aliphatic rings. The van der Waals surface area contributed by atoms with Crippen LogP contribution in [0.25, 0.3) is 0 Å². The van der Waals surface area contributed by atoms with E-state index in [1.54, 1.807) is 0 Å². The van der Waals surface area contributed by atoms with Crippen molar-refractivity contribution in [2.75, 3.05) is 32.7 Å². The molecule has 1 atom stereocenters. The van der Waals surface area contributed by atoms with Crippen LogP contribution >= 0.6 is 0 Å². The van der Waals surface area contributed by atoms with Gasteiger partial charge < -0.3 is 19.9 Å². The maximum atomic E-state index is 12.5. The molecule has 0 radical (unpaired) electrons. The molecule has 114 valence electrons. The van der Waals surface area contributed by atoms with Crippen molar-refractivity contribution in [2.24, 2.45) is 0 Å². The van der Waals surface area contributed by atoms with E-state index < -0.39 is 0 Å². The first-order valence-corrected chi connectivity index (χ1v) is 7.99. The van der Waals surface area contributed by atoms with Crippen molar-refractivity contribution in [2.45, 2.75) is 57.3 Å². The lowest BCUT2D eigenvalue weighted by atomic mass is 10.1. The molecule has 3 saturated heterocycles. The summed E-state index contributed by atoms with van der Waals surface area (Å²) in [4.78, 5) is 16.6. The highest BCUT2D eigenvalue weighted by molar-refractivity contribution is 5.77. The van der Waals surface area contributed by atoms with Gasteiger partial charge in [-0.1, -0.05) is 0 Å². The average Bonchev–Trinajstić information content (AvgIpc) is 2.95. The van der Waals surface area contributed by atoms with Crippen molar-refractivity contribution in [3.63, 3.8) is 0 Å². The third kappa shape index (κ3) is 2.93. The monoisotopic (exact) mass is 281 g/mol. The number of carbonyl (C=O) groups excluding carboxylic acids is 1. The lowest BCUT2D eigenvalue weighted by Gasteiger charge is -2.31. The van der Waals surface area contributed by atoms with Gasteiger partial charge in [-0.05, 0) is 52.6 Å². The molecule has 1 N–H and O–H groups in total. The van der Waals surface area contributed by atoms with Gasteiger partial charge in [0.05, 0.1) is 11.7 Å². The fraction of sp³-hybridized carbons (Fsp3) is 0.933. The summed E-state index contributed by atoms with van der Waals surface area (Å²) in [6, 6.07) is 0.667. The van der Waals surface area contributed by atoms with Crippen molar-refractivity contribution in [1.82, 2.24) is 15.1 Å². The molecule has 0 aromatic carbocycles. The number of ether oxygens (including phenoxy) is 1. The molecular weight excluding hydrogens is 254 g/mol. The first kappa shape index (κ1) is 14.1. The molecule has 5 heteroatoms. The van der Waals surface area contributed by atoms with Gasteiger partial charge in [0.25, 0.3) is 0 Å². The van der Waals surface area contributed by atoms with Gasteiger partial charge in [0.15, 0.2) is 0 Å². The third-order valence-corrected chi connectivity index (χ3v) is 4.85. The van der Waals surface area contributed by atoms with E-state index in [-0.39, 0.29) is 17.7 Å². The topological polar surface area (TPSA) is 44.8 Å². The molecule has 1 unspecified atom stereocenters. The zero-order chi connectivity index (χ0) is 14.2. The van der Waals surface area contributed by atoms with Crippen molar-refractivity contribution in [3.8, 4) is 0 Å². The minimum atomic E-state index is -0.0117. The Morgan fingerprint density at radius 2 is 2.00 bits per heavy atom. The van der Waals surface area contributed by atoms with E-state index in [4.69, 9.17) is 4.74 Å². The van der Waals surface area contributed by atoms with Crippen molar-refractivity contribution in [1.29, 1.82) is 0 Å². The number of nitrogens with one attached hydrogen (secondary N) is 1. The number of hydrogen-bond acceptors (Lipinski definition) is 3. The van der Waals surface area contributed by atoms with Crippen LogP contribution in [0.3, 0.4) is 0 Å². The zero-order valence-electron chi connectivity index (χ0n) is 12.7. The highest BCUT2D eigenvalue weighted by Crippen LogP contribution is 2.30. The molecule has 0 aromatic heterocycles. The summed E-state index contributed by atoms with van der Waals surface area (Å²) < 4.78 is 6.02. The largest absolute Gasteiger partial charge is 0.371 e. The molecule has 2 amide bonds. The van der Waals surface area contributed by atoms with Gasteiger partial charge in [-0.25, -0.2) is 4.79 Å². The minimum absolute atomic E-state index is 0.0117. The quantitative estimate of drug-likeness (QED) is 0.851. The summed E-state index contributed by atoms with van der Waals surface area (Å²) in [5.41, 5.74) is -0.0117. The summed E-state index contributed by atoms with van der Waals surface area (Å²) in [7, 11) is 0. The number of urea groups is 1. The van der Waals surface area contributed by atoms with E-state index in [1.165, 1.54) is 0 Å². The van der Waals surface area contributed by atoms with Gasteiger partial charge in [0, 0.05) is 25.7 Å². The van der Waals surface area contributed by atoms with Crippen LogP contribution in [0.5, 0.6) is 0 Å². The van der Waals surface area contributed by atoms with Crippen LogP contribution in [-0.2, 0) is 4.74 Å². The second kappa shape index (κ2) is 5.53. The Hall–Kier alpha value is -0.810. The Labute approximate surface area is 121 Å². The molecule has 0 saturated carbocycles.